The van der Waals surface area contributed by atoms with Crippen molar-refractivity contribution in [2.24, 2.45) is 13.0 Å². The third-order valence-electron chi connectivity index (χ3n) is 4.03. The van der Waals surface area contributed by atoms with E-state index in [1.165, 1.54) is 38.2 Å². The lowest BCUT2D eigenvalue weighted by Crippen LogP contribution is -2.37. The maximum absolute atomic E-state index is 4.23. The molecule has 0 bridgehead atoms. The second-order valence-electron chi connectivity index (χ2n) is 5.28. The van der Waals surface area contributed by atoms with Crippen LogP contribution >= 0.6 is 0 Å². The summed E-state index contributed by atoms with van der Waals surface area (Å²) in [5.41, 5.74) is 1.33. The Balaban J connectivity index is 1.76. The lowest BCUT2D eigenvalue weighted by atomic mass is 9.97. The Bertz CT molecular complexity index is 341. The minimum absolute atomic E-state index is 0.887. The van der Waals surface area contributed by atoms with Gasteiger partial charge in [0.25, 0.3) is 0 Å². The third kappa shape index (κ3) is 3.82. The second kappa shape index (κ2) is 6.90. The number of aryl methyl sites for hydroxylation is 1. The van der Waals surface area contributed by atoms with Gasteiger partial charge in [0, 0.05) is 38.4 Å². The Labute approximate surface area is 110 Å². The van der Waals surface area contributed by atoms with Crippen LogP contribution in [0.4, 0.5) is 0 Å². The molecule has 1 aromatic heterocycles. The van der Waals surface area contributed by atoms with Crippen molar-refractivity contribution >= 4 is 0 Å². The van der Waals surface area contributed by atoms with Crippen LogP contribution in [0, 0.1) is 5.92 Å². The number of hydrogen-bond donors (Lipinski definition) is 1. The van der Waals surface area contributed by atoms with E-state index in [0.717, 1.165) is 25.4 Å². The van der Waals surface area contributed by atoms with E-state index in [1.807, 2.05) is 17.9 Å². The van der Waals surface area contributed by atoms with Gasteiger partial charge in [0.15, 0.2) is 0 Å². The molecule has 102 valence electrons. The molecule has 0 saturated carbocycles. The highest BCUT2D eigenvalue weighted by molar-refractivity contribution is 5.00. The zero-order chi connectivity index (χ0) is 12.8. The molecule has 0 atom stereocenters. The minimum Gasteiger partial charge on any atom is -0.317 e. The van der Waals surface area contributed by atoms with Crippen molar-refractivity contribution < 1.29 is 0 Å². The van der Waals surface area contributed by atoms with Gasteiger partial charge in [-0.15, -0.1) is 0 Å². The van der Waals surface area contributed by atoms with Crippen LogP contribution in [0.5, 0.6) is 0 Å². The Morgan fingerprint density at radius 2 is 2.22 bits per heavy atom. The van der Waals surface area contributed by atoms with Gasteiger partial charge in [-0.05, 0) is 44.5 Å². The lowest BCUT2D eigenvalue weighted by molar-refractivity contribution is 0.214. The van der Waals surface area contributed by atoms with Crippen LogP contribution in [-0.4, -0.2) is 47.4 Å². The summed E-state index contributed by atoms with van der Waals surface area (Å²) < 4.78 is 1.98. The predicted molar refractivity (Wildman–Crippen MR) is 74.6 cm³/mol. The van der Waals surface area contributed by atoms with E-state index in [2.05, 4.69) is 28.3 Å². The largest absolute Gasteiger partial charge is 0.317 e. The molecule has 4 nitrogen and oxygen atoms in total. The summed E-state index contributed by atoms with van der Waals surface area (Å²) in [4.78, 5) is 2.59. The average molecular weight is 250 g/mol. The van der Waals surface area contributed by atoms with E-state index >= 15 is 0 Å². The van der Waals surface area contributed by atoms with Crippen LogP contribution < -0.4 is 5.32 Å². The van der Waals surface area contributed by atoms with Crippen LogP contribution in [0.25, 0.3) is 0 Å². The van der Waals surface area contributed by atoms with E-state index in [-0.39, 0.29) is 0 Å². The molecule has 1 aromatic rings. The van der Waals surface area contributed by atoms with Crippen LogP contribution in [-0.2, 0) is 13.5 Å². The van der Waals surface area contributed by atoms with Crippen LogP contribution in [0.15, 0.2) is 12.3 Å². The fourth-order valence-corrected chi connectivity index (χ4v) is 2.73. The molecule has 0 amide bonds. The molecule has 0 aliphatic carbocycles. The summed E-state index contributed by atoms with van der Waals surface area (Å²) in [6.07, 6.45) is 5.66. The molecule has 0 radical (unpaired) electrons. The molecule has 1 aliphatic heterocycles. The highest BCUT2D eigenvalue weighted by Crippen LogP contribution is 2.13. The molecule has 2 rings (SSSR count). The van der Waals surface area contributed by atoms with Crippen molar-refractivity contribution in [2.75, 3.05) is 32.7 Å². The molecule has 0 aromatic carbocycles. The van der Waals surface area contributed by atoms with E-state index in [1.54, 1.807) is 0 Å². The minimum atomic E-state index is 0.887. The maximum atomic E-state index is 4.23. The molecule has 2 heterocycles. The molecule has 0 unspecified atom stereocenters. The van der Waals surface area contributed by atoms with Crippen LogP contribution in [0.2, 0.25) is 0 Å². The van der Waals surface area contributed by atoms with Crippen molar-refractivity contribution in [1.29, 1.82) is 0 Å². The van der Waals surface area contributed by atoms with Crippen molar-refractivity contribution in [1.82, 2.24) is 20.0 Å². The number of likely N-dealkylation sites (N-methyl/N-ethyl adjacent to an activating group) is 1. The summed E-state index contributed by atoms with van der Waals surface area (Å²) in [6.45, 7) is 8.23. The number of hydrogen-bond acceptors (Lipinski definition) is 3. The lowest BCUT2D eigenvalue weighted by Gasteiger charge is -2.29. The first-order chi connectivity index (χ1) is 8.79. The fraction of sp³-hybridized carbons (Fsp3) is 0.786. The Morgan fingerprint density at radius 1 is 1.44 bits per heavy atom. The maximum Gasteiger partial charge on any atom is 0.0492 e. The normalized spacial score (nSPS) is 17.5. The Morgan fingerprint density at radius 3 is 2.83 bits per heavy atom. The molecule has 1 fully saturated rings. The van der Waals surface area contributed by atoms with Crippen LogP contribution in [0.3, 0.4) is 0 Å². The van der Waals surface area contributed by atoms with Crippen molar-refractivity contribution in [3.05, 3.63) is 18.0 Å². The van der Waals surface area contributed by atoms with Gasteiger partial charge in [-0.25, -0.2) is 0 Å². The van der Waals surface area contributed by atoms with E-state index < -0.39 is 0 Å². The zero-order valence-corrected chi connectivity index (χ0v) is 11.7. The first-order valence-electron chi connectivity index (χ1n) is 7.19. The first-order valence-corrected chi connectivity index (χ1v) is 7.19. The fourth-order valence-electron chi connectivity index (χ4n) is 2.73. The van der Waals surface area contributed by atoms with Crippen molar-refractivity contribution in [2.45, 2.75) is 26.2 Å². The highest BCUT2D eigenvalue weighted by atomic mass is 15.3. The summed E-state index contributed by atoms with van der Waals surface area (Å²) in [5, 5.41) is 7.66. The summed E-state index contributed by atoms with van der Waals surface area (Å²) in [6, 6.07) is 2.12. The summed E-state index contributed by atoms with van der Waals surface area (Å²) in [7, 11) is 2.03. The molecule has 1 saturated heterocycles. The molecule has 4 heteroatoms. The average Bonchev–Trinajstić information content (AvgIpc) is 2.81. The van der Waals surface area contributed by atoms with E-state index in [0.29, 0.717) is 0 Å². The van der Waals surface area contributed by atoms with E-state index in [9.17, 15) is 0 Å². The van der Waals surface area contributed by atoms with E-state index in [4.69, 9.17) is 0 Å². The molecule has 0 spiro atoms. The van der Waals surface area contributed by atoms with Gasteiger partial charge in [0.1, 0.15) is 0 Å². The standard InChI is InChI=1S/C14H26N4/c1-3-18(12-13-4-8-15-9-5-13)11-7-14-6-10-16-17(14)2/h6,10,13,15H,3-5,7-9,11-12H2,1-2H3. The number of rotatable bonds is 6. The number of nitrogens with one attached hydrogen (secondary N) is 1. The molecular formula is C14H26N4. The molecule has 1 aliphatic rings. The monoisotopic (exact) mass is 250 g/mol. The number of nitrogens with zero attached hydrogens (tertiary/aromatic N) is 3. The van der Waals surface area contributed by atoms with Crippen molar-refractivity contribution in [3.8, 4) is 0 Å². The predicted octanol–water partition coefficient (Wildman–Crippen LogP) is 1.28. The zero-order valence-electron chi connectivity index (χ0n) is 11.7. The van der Waals surface area contributed by atoms with Gasteiger partial charge in [-0.2, -0.15) is 5.10 Å². The third-order valence-corrected chi connectivity index (χ3v) is 4.03. The SMILES string of the molecule is CCN(CCc1ccnn1C)CC1CCNCC1. The van der Waals surface area contributed by atoms with Crippen molar-refractivity contribution in [3.63, 3.8) is 0 Å². The Kier molecular flexibility index (Phi) is 5.20. The number of piperidine rings is 1. The smallest absolute Gasteiger partial charge is 0.0492 e. The first kappa shape index (κ1) is 13.6. The number of aromatic nitrogens is 2. The summed E-state index contributed by atoms with van der Waals surface area (Å²) in [5.74, 6) is 0.887. The van der Waals surface area contributed by atoms with Gasteiger partial charge < -0.3 is 10.2 Å². The molecule has 18 heavy (non-hydrogen) atoms. The highest BCUT2D eigenvalue weighted by Gasteiger charge is 2.16. The topological polar surface area (TPSA) is 33.1 Å². The van der Waals surface area contributed by atoms with Crippen LogP contribution in [0.1, 0.15) is 25.5 Å². The van der Waals surface area contributed by atoms with Gasteiger partial charge in [0.05, 0.1) is 0 Å². The van der Waals surface area contributed by atoms with Gasteiger partial charge in [0.2, 0.25) is 0 Å². The quantitative estimate of drug-likeness (QED) is 0.826. The second-order valence-corrected chi connectivity index (χ2v) is 5.28. The van der Waals surface area contributed by atoms with Gasteiger partial charge in [-0.3, -0.25) is 4.68 Å². The summed E-state index contributed by atoms with van der Waals surface area (Å²) >= 11 is 0. The molecule has 1 N–H and O–H groups in total. The van der Waals surface area contributed by atoms with Gasteiger partial charge >= 0.3 is 0 Å². The molecular weight excluding hydrogens is 224 g/mol. The van der Waals surface area contributed by atoms with Gasteiger partial charge in [-0.1, -0.05) is 6.92 Å². The Hall–Kier alpha value is -0.870.